The summed E-state index contributed by atoms with van der Waals surface area (Å²) in [6, 6.07) is 11.4. The number of rotatable bonds is 6. The number of ether oxygens (including phenoxy) is 4. The Balaban J connectivity index is 1.74. The lowest BCUT2D eigenvalue weighted by atomic mass is 10.1. The Morgan fingerprint density at radius 1 is 1.08 bits per heavy atom. The first-order valence-corrected chi connectivity index (χ1v) is 8.49. The van der Waals surface area contributed by atoms with Crippen molar-refractivity contribution < 1.29 is 23.7 Å². The molecule has 0 spiro atoms. The number of nitrogens with zero attached hydrogens (tertiary/aromatic N) is 1. The topological polar surface area (TPSA) is 57.2 Å². The van der Waals surface area contributed by atoms with Gasteiger partial charge >= 0.3 is 0 Å². The number of aryl methyl sites for hydroxylation is 1. The van der Waals surface area contributed by atoms with Crippen molar-refractivity contribution in [2.75, 3.05) is 39.4 Å². The van der Waals surface area contributed by atoms with Crippen LogP contribution in [0.4, 0.5) is 5.69 Å². The molecule has 0 aromatic heterocycles. The molecular weight excluding hydrogens is 334 g/mol. The van der Waals surface area contributed by atoms with Crippen LogP contribution in [0.3, 0.4) is 0 Å². The fraction of sp³-hybridized carbons (Fsp3) is 0.350. The van der Waals surface area contributed by atoms with Gasteiger partial charge in [0.2, 0.25) is 11.7 Å². The molecule has 2 aromatic rings. The van der Waals surface area contributed by atoms with Crippen LogP contribution in [0.2, 0.25) is 0 Å². The molecule has 1 aliphatic rings. The van der Waals surface area contributed by atoms with Gasteiger partial charge in [0.05, 0.1) is 33.6 Å². The standard InChI is InChI=1S/C20H23NO5/c1-23-17-12-14(13-18(24-2)20(17)25-3)8-9-19(22)21-10-11-26-16-7-5-4-6-15(16)21/h4-7,12-13H,8-11H2,1-3H3. The second-order valence-electron chi connectivity index (χ2n) is 5.90. The van der Waals surface area contributed by atoms with Crippen molar-refractivity contribution >= 4 is 11.6 Å². The second-order valence-corrected chi connectivity index (χ2v) is 5.90. The van der Waals surface area contributed by atoms with Gasteiger partial charge in [0.15, 0.2) is 11.5 Å². The molecule has 0 saturated carbocycles. The van der Waals surface area contributed by atoms with E-state index in [9.17, 15) is 4.79 Å². The van der Waals surface area contributed by atoms with E-state index in [1.165, 1.54) is 0 Å². The van der Waals surface area contributed by atoms with E-state index in [1.54, 1.807) is 26.2 Å². The number of fused-ring (bicyclic) bond motifs is 1. The molecule has 2 aromatic carbocycles. The van der Waals surface area contributed by atoms with Crippen molar-refractivity contribution in [3.63, 3.8) is 0 Å². The van der Waals surface area contributed by atoms with Crippen LogP contribution in [0.1, 0.15) is 12.0 Å². The average Bonchev–Trinajstić information content (AvgIpc) is 2.70. The largest absolute Gasteiger partial charge is 0.493 e. The summed E-state index contributed by atoms with van der Waals surface area (Å²) in [5, 5.41) is 0. The van der Waals surface area contributed by atoms with Gasteiger partial charge in [-0.25, -0.2) is 0 Å². The van der Waals surface area contributed by atoms with Crippen molar-refractivity contribution in [2.45, 2.75) is 12.8 Å². The summed E-state index contributed by atoms with van der Waals surface area (Å²) in [5.74, 6) is 2.54. The zero-order valence-electron chi connectivity index (χ0n) is 15.3. The quantitative estimate of drug-likeness (QED) is 0.795. The summed E-state index contributed by atoms with van der Waals surface area (Å²) < 4.78 is 21.7. The Bertz CT molecular complexity index is 765. The predicted molar refractivity (Wildman–Crippen MR) is 98.7 cm³/mol. The molecule has 3 rings (SSSR count). The first-order valence-electron chi connectivity index (χ1n) is 8.49. The second kappa shape index (κ2) is 7.99. The van der Waals surface area contributed by atoms with Crippen LogP contribution < -0.4 is 23.8 Å². The van der Waals surface area contributed by atoms with Crippen molar-refractivity contribution in [1.82, 2.24) is 0 Å². The third kappa shape index (κ3) is 3.54. The Morgan fingerprint density at radius 2 is 1.77 bits per heavy atom. The maximum Gasteiger partial charge on any atom is 0.227 e. The first kappa shape index (κ1) is 17.9. The van der Waals surface area contributed by atoms with Crippen LogP contribution in [0.5, 0.6) is 23.0 Å². The van der Waals surface area contributed by atoms with E-state index in [-0.39, 0.29) is 5.91 Å². The molecule has 0 unspecified atom stereocenters. The smallest absolute Gasteiger partial charge is 0.227 e. The Hall–Kier alpha value is -2.89. The number of para-hydroxylation sites is 2. The van der Waals surface area contributed by atoms with Gasteiger partial charge in [-0.3, -0.25) is 4.79 Å². The number of anilines is 1. The summed E-state index contributed by atoms with van der Waals surface area (Å²) in [6.45, 7) is 1.07. The van der Waals surface area contributed by atoms with Gasteiger partial charge in [0.25, 0.3) is 0 Å². The van der Waals surface area contributed by atoms with Gasteiger partial charge in [0.1, 0.15) is 12.4 Å². The highest BCUT2D eigenvalue weighted by Gasteiger charge is 2.23. The normalized spacial score (nSPS) is 12.8. The summed E-state index contributed by atoms with van der Waals surface area (Å²) in [4.78, 5) is 14.5. The molecule has 138 valence electrons. The Kier molecular flexibility index (Phi) is 5.51. The monoisotopic (exact) mass is 357 g/mol. The van der Waals surface area contributed by atoms with Crippen LogP contribution in [0.25, 0.3) is 0 Å². The molecule has 1 aliphatic heterocycles. The molecule has 0 saturated heterocycles. The van der Waals surface area contributed by atoms with Crippen LogP contribution in [0, 0.1) is 0 Å². The van der Waals surface area contributed by atoms with Crippen LogP contribution in [-0.4, -0.2) is 40.4 Å². The molecule has 0 fully saturated rings. The molecule has 0 atom stereocenters. The maximum absolute atomic E-state index is 12.7. The fourth-order valence-corrected chi connectivity index (χ4v) is 3.09. The maximum atomic E-state index is 12.7. The van der Waals surface area contributed by atoms with E-state index in [1.807, 2.05) is 36.4 Å². The van der Waals surface area contributed by atoms with Crippen molar-refractivity contribution in [1.29, 1.82) is 0 Å². The Morgan fingerprint density at radius 3 is 2.42 bits per heavy atom. The minimum absolute atomic E-state index is 0.0644. The molecule has 1 heterocycles. The highest BCUT2D eigenvalue weighted by Crippen LogP contribution is 2.38. The minimum Gasteiger partial charge on any atom is -0.493 e. The summed E-state index contributed by atoms with van der Waals surface area (Å²) in [5.41, 5.74) is 1.78. The number of methoxy groups -OCH3 is 3. The van der Waals surface area contributed by atoms with Crippen molar-refractivity contribution in [2.24, 2.45) is 0 Å². The fourth-order valence-electron chi connectivity index (χ4n) is 3.09. The van der Waals surface area contributed by atoms with Crippen LogP contribution in [0.15, 0.2) is 36.4 Å². The molecule has 6 nitrogen and oxygen atoms in total. The van der Waals surface area contributed by atoms with E-state index >= 15 is 0 Å². The van der Waals surface area contributed by atoms with Gasteiger partial charge in [-0.05, 0) is 36.2 Å². The van der Waals surface area contributed by atoms with E-state index in [0.717, 1.165) is 17.0 Å². The van der Waals surface area contributed by atoms with Gasteiger partial charge in [-0.15, -0.1) is 0 Å². The minimum atomic E-state index is 0.0644. The lowest BCUT2D eigenvalue weighted by Crippen LogP contribution is -2.38. The molecule has 0 radical (unpaired) electrons. The van der Waals surface area contributed by atoms with Crippen molar-refractivity contribution in [3.8, 4) is 23.0 Å². The third-order valence-corrected chi connectivity index (χ3v) is 4.38. The molecule has 6 heteroatoms. The third-order valence-electron chi connectivity index (χ3n) is 4.38. The van der Waals surface area contributed by atoms with Crippen LogP contribution in [-0.2, 0) is 11.2 Å². The number of hydrogen-bond donors (Lipinski definition) is 0. The van der Waals surface area contributed by atoms with Gasteiger partial charge in [-0.1, -0.05) is 12.1 Å². The number of hydrogen-bond acceptors (Lipinski definition) is 5. The number of benzene rings is 2. The summed E-state index contributed by atoms with van der Waals surface area (Å²) >= 11 is 0. The van der Waals surface area contributed by atoms with E-state index < -0.39 is 0 Å². The van der Waals surface area contributed by atoms with Gasteiger partial charge < -0.3 is 23.8 Å². The average molecular weight is 357 g/mol. The van der Waals surface area contributed by atoms with E-state index in [0.29, 0.717) is 43.2 Å². The number of carbonyl (C=O) groups is 1. The van der Waals surface area contributed by atoms with E-state index in [4.69, 9.17) is 18.9 Å². The zero-order valence-corrected chi connectivity index (χ0v) is 15.3. The van der Waals surface area contributed by atoms with Crippen molar-refractivity contribution in [3.05, 3.63) is 42.0 Å². The van der Waals surface area contributed by atoms with Gasteiger partial charge in [-0.2, -0.15) is 0 Å². The molecular formula is C20H23NO5. The lowest BCUT2D eigenvalue weighted by molar-refractivity contribution is -0.118. The lowest BCUT2D eigenvalue weighted by Gasteiger charge is -2.29. The molecule has 0 N–H and O–H groups in total. The predicted octanol–water partition coefficient (Wildman–Crippen LogP) is 3.07. The molecule has 26 heavy (non-hydrogen) atoms. The SMILES string of the molecule is COc1cc(CCC(=O)N2CCOc3ccccc32)cc(OC)c1OC. The molecule has 0 aliphatic carbocycles. The van der Waals surface area contributed by atoms with Gasteiger partial charge in [0, 0.05) is 6.42 Å². The number of amides is 1. The summed E-state index contributed by atoms with van der Waals surface area (Å²) in [6.07, 6.45) is 0.960. The highest BCUT2D eigenvalue weighted by atomic mass is 16.5. The highest BCUT2D eigenvalue weighted by molar-refractivity contribution is 5.95. The Labute approximate surface area is 153 Å². The van der Waals surface area contributed by atoms with Crippen LogP contribution >= 0.6 is 0 Å². The van der Waals surface area contributed by atoms with E-state index in [2.05, 4.69) is 0 Å². The molecule has 0 bridgehead atoms. The molecule has 1 amide bonds. The summed E-state index contributed by atoms with van der Waals surface area (Å²) in [7, 11) is 4.73. The zero-order chi connectivity index (χ0) is 18.5. The number of carbonyl (C=O) groups excluding carboxylic acids is 1. The first-order chi connectivity index (χ1) is 12.7.